The molecule has 0 saturated heterocycles. The number of benzene rings is 2. The molecule has 0 radical (unpaired) electrons. The van der Waals surface area contributed by atoms with E-state index >= 15 is 0 Å². The van der Waals surface area contributed by atoms with E-state index in [1.54, 1.807) is 11.3 Å². The summed E-state index contributed by atoms with van der Waals surface area (Å²) in [5.41, 5.74) is 5.89. The standard InChI is InChI=1S/C18H16N4O4S2/c19-18(24)11-5-6-15(13(9-11)22(25)26)27-10-16(23)20-8-7-17-21-12-3-1-2-4-14(12)28-17/h1-6,9H,7-8,10H2,(H2,19,24)(H,20,23). The van der Waals surface area contributed by atoms with Crippen LogP contribution in [0.4, 0.5) is 5.69 Å². The fourth-order valence-corrected chi connectivity index (χ4v) is 4.27. The largest absolute Gasteiger partial charge is 0.366 e. The van der Waals surface area contributed by atoms with Gasteiger partial charge in [0.25, 0.3) is 5.69 Å². The minimum absolute atomic E-state index is 0.0244. The maximum absolute atomic E-state index is 12.0. The molecule has 3 aromatic rings. The lowest BCUT2D eigenvalue weighted by molar-refractivity contribution is -0.387. The fourth-order valence-electron chi connectivity index (χ4n) is 2.47. The predicted molar refractivity (Wildman–Crippen MR) is 109 cm³/mol. The Bertz CT molecular complexity index is 1020. The summed E-state index contributed by atoms with van der Waals surface area (Å²) in [4.78, 5) is 38.6. The van der Waals surface area contributed by atoms with Crippen molar-refractivity contribution in [2.75, 3.05) is 12.3 Å². The first-order chi connectivity index (χ1) is 13.4. The highest BCUT2D eigenvalue weighted by molar-refractivity contribution is 8.00. The normalized spacial score (nSPS) is 10.7. The van der Waals surface area contributed by atoms with Gasteiger partial charge in [0.15, 0.2) is 0 Å². The number of nitrogens with two attached hydrogens (primary N) is 1. The van der Waals surface area contributed by atoms with E-state index in [1.807, 2.05) is 24.3 Å². The number of rotatable bonds is 8. The Morgan fingerprint density at radius 1 is 1.25 bits per heavy atom. The third kappa shape index (κ3) is 4.84. The summed E-state index contributed by atoms with van der Waals surface area (Å²) >= 11 is 2.62. The van der Waals surface area contributed by atoms with Gasteiger partial charge in [-0.2, -0.15) is 0 Å². The molecular weight excluding hydrogens is 400 g/mol. The zero-order valence-electron chi connectivity index (χ0n) is 14.6. The smallest absolute Gasteiger partial charge is 0.283 e. The molecule has 2 amide bonds. The number of fused-ring (bicyclic) bond motifs is 1. The van der Waals surface area contributed by atoms with Gasteiger partial charge in [0, 0.05) is 24.6 Å². The summed E-state index contributed by atoms with van der Waals surface area (Å²) in [5, 5.41) is 14.9. The number of amides is 2. The average molecular weight is 416 g/mol. The number of hydrogen-bond acceptors (Lipinski definition) is 7. The Balaban J connectivity index is 1.52. The van der Waals surface area contributed by atoms with Crippen molar-refractivity contribution in [3.05, 3.63) is 63.1 Å². The Morgan fingerprint density at radius 2 is 2.04 bits per heavy atom. The molecule has 0 aliphatic carbocycles. The van der Waals surface area contributed by atoms with E-state index in [1.165, 1.54) is 12.1 Å². The molecule has 28 heavy (non-hydrogen) atoms. The lowest BCUT2D eigenvalue weighted by atomic mass is 10.2. The molecule has 0 unspecified atom stereocenters. The fraction of sp³-hybridized carbons (Fsp3) is 0.167. The number of primary amides is 1. The van der Waals surface area contributed by atoms with Crippen molar-refractivity contribution in [3.8, 4) is 0 Å². The van der Waals surface area contributed by atoms with Crippen LogP contribution in [0.15, 0.2) is 47.4 Å². The SMILES string of the molecule is NC(=O)c1ccc(SCC(=O)NCCc2nc3ccccc3s2)c([N+](=O)[O-])c1. The molecule has 0 saturated carbocycles. The topological polar surface area (TPSA) is 128 Å². The summed E-state index contributed by atoms with van der Waals surface area (Å²) in [6.07, 6.45) is 0.614. The molecule has 8 nitrogen and oxygen atoms in total. The number of carbonyl (C=O) groups excluding carboxylic acids is 2. The van der Waals surface area contributed by atoms with Gasteiger partial charge in [-0.3, -0.25) is 19.7 Å². The van der Waals surface area contributed by atoms with Crippen LogP contribution in [0.25, 0.3) is 10.2 Å². The van der Waals surface area contributed by atoms with Crippen LogP contribution in [0.3, 0.4) is 0 Å². The van der Waals surface area contributed by atoms with Gasteiger partial charge in [-0.15, -0.1) is 23.1 Å². The summed E-state index contributed by atoms with van der Waals surface area (Å²) in [5.74, 6) is -0.956. The van der Waals surface area contributed by atoms with Crippen LogP contribution in [0, 0.1) is 10.1 Å². The van der Waals surface area contributed by atoms with E-state index in [4.69, 9.17) is 5.73 Å². The first-order valence-electron chi connectivity index (χ1n) is 8.26. The van der Waals surface area contributed by atoms with Crippen LogP contribution < -0.4 is 11.1 Å². The molecular formula is C18H16N4O4S2. The number of nitrogens with one attached hydrogen (secondary N) is 1. The van der Waals surface area contributed by atoms with Gasteiger partial charge in [0.05, 0.1) is 30.8 Å². The molecule has 0 aliphatic heterocycles. The van der Waals surface area contributed by atoms with Gasteiger partial charge in [-0.25, -0.2) is 4.98 Å². The number of nitrogens with zero attached hydrogens (tertiary/aromatic N) is 2. The molecule has 0 atom stereocenters. The van der Waals surface area contributed by atoms with E-state index < -0.39 is 10.8 Å². The molecule has 144 valence electrons. The molecule has 1 heterocycles. The summed E-state index contributed by atoms with van der Waals surface area (Å²) in [6.45, 7) is 0.432. The maximum atomic E-state index is 12.0. The highest BCUT2D eigenvalue weighted by atomic mass is 32.2. The minimum atomic E-state index is -0.743. The number of thioether (sulfide) groups is 1. The van der Waals surface area contributed by atoms with Crippen LogP contribution >= 0.6 is 23.1 Å². The molecule has 0 aliphatic rings. The molecule has 10 heteroatoms. The third-order valence-corrected chi connectivity index (χ3v) is 5.96. The van der Waals surface area contributed by atoms with E-state index in [9.17, 15) is 19.7 Å². The Labute approximate surface area is 168 Å². The van der Waals surface area contributed by atoms with Crippen molar-refractivity contribution >= 4 is 50.8 Å². The van der Waals surface area contributed by atoms with Crippen molar-refractivity contribution in [1.82, 2.24) is 10.3 Å². The highest BCUT2D eigenvalue weighted by Crippen LogP contribution is 2.30. The lowest BCUT2D eigenvalue weighted by Gasteiger charge is -2.05. The molecule has 1 aromatic heterocycles. The summed E-state index contributed by atoms with van der Waals surface area (Å²) in [6, 6.07) is 11.8. The van der Waals surface area contributed by atoms with Gasteiger partial charge in [-0.1, -0.05) is 12.1 Å². The second-order valence-corrected chi connectivity index (χ2v) is 7.90. The number of carbonyl (C=O) groups is 2. The van der Waals surface area contributed by atoms with Gasteiger partial charge >= 0.3 is 0 Å². The number of hydrogen-bond donors (Lipinski definition) is 2. The van der Waals surface area contributed by atoms with Crippen molar-refractivity contribution in [2.45, 2.75) is 11.3 Å². The van der Waals surface area contributed by atoms with E-state index in [2.05, 4.69) is 10.3 Å². The van der Waals surface area contributed by atoms with Crippen LogP contribution in [0.2, 0.25) is 0 Å². The Hall–Kier alpha value is -2.98. The van der Waals surface area contributed by atoms with Gasteiger partial charge in [0.1, 0.15) is 0 Å². The Morgan fingerprint density at radius 3 is 2.75 bits per heavy atom. The van der Waals surface area contributed by atoms with Crippen LogP contribution in [-0.2, 0) is 11.2 Å². The number of para-hydroxylation sites is 1. The Kier molecular flexibility index (Phi) is 6.22. The monoisotopic (exact) mass is 416 g/mol. The maximum Gasteiger partial charge on any atom is 0.283 e. The number of aromatic nitrogens is 1. The number of nitro groups is 1. The lowest BCUT2D eigenvalue weighted by Crippen LogP contribution is -2.27. The van der Waals surface area contributed by atoms with E-state index in [0.717, 1.165) is 33.1 Å². The quantitative estimate of drug-likeness (QED) is 0.330. The van der Waals surface area contributed by atoms with Crippen LogP contribution in [0.5, 0.6) is 0 Å². The average Bonchev–Trinajstić information content (AvgIpc) is 3.08. The summed E-state index contributed by atoms with van der Waals surface area (Å²) < 4.78 is 1.10. The number of thiazole rings is 1. The van der Waals surface area contributed by atoms with E-state index in [-0.39, 0.29) is 22.9 Å². The van der Waals surface area contributed by atoms with Crippen molar-refractivity contribution in [1.29, 1.82) is 0 Å². The third-order valence-electron chi connectivity index (χ3n) is 3.80. The van der Waals surface area contributed by atoms with Crippen molar-refractivity contribution < 1.29 is 14.5 Å². The molecule has 2 aromatic carbocycles. The van der Waals surface area contributed by atoms with E-state index in [0.29, 0.717) is 17.9 Å². The molecule has 0 spiro atoms. The molecule has 0 bridgehead atoms. The summed E-state index contributed by atoms with van der Waals surface area (Å²) in [7, 11) is 0. The minimum Gasteiger partial charge on any atom is -0.366 e. The van der Waals surface area contributed by atoms with Gasteiger partial charge in [0.2, 0.25) is 11.8 Å². The second-order valence-electron chi connectivity index (χ2n) is 5.77. The molecule has 3 rings (SSSR count). The highest BCUT2D eigenvalue weighted by Gasteiger charge is 2.18. The predicted octanol–water partition coefficient (Wildman–Crippen LogP) is 2.75. The first-order valence-corrected chi connectivity index (χ1v) is 10.1. The van der Waals surface area contributed by atoms with Gasteiger partial charge in [-0.05, 0) is 24.3 Å². The van der Waals surface area contributed by atoms with Crippen LogP contribution in [0.1, 0.15) is 15.4 Å². The molecule has 0 fully saturated rings. The second kappa shape index (κ2) is 8.81. The van der Waals surface area contributed by atoms with Crippen molar-refractivity contribution in [2.24, 2.45) is 5.73 Å². The van der Waals surface area contributed by atoms with Crippen molar-refractivity contribution in [3.63, 3.8) is 0 Å². The van der Waals surface area contributed by atoms with Gasteiger partial charge < -0.3 is 11.1 Å². The number of nitro benzene ring substituents is 1. The molecule has 3 N–H and O–H groups in total. The zero-order valence-corrected chi connectivity index (χ0v) is 16.2. The first kappa shape index (κ1) is 19.8. The zero-order chi connectivity index (χ0) is 20.1. The van der Waals surface area contributed by atoms with Crippen LogP contribution in [-0.4, -0.2) is 34.0 Å².